The van der Waals surface area contributed by atoms with Gasteiger partial charge in [0, 0.05) is 38.4 Å². The molecule has 0 saturated carbocycles. The van der Waals surface area contributed by atoms with Gasteiger partial charge in [-0.3, -0.25) is 4.90 Å². The first-order valence-corrected chi connectivity index (χ1v) is 6.87. The van der Waals surface area contributed by atoms with Gasteiger partial charge in [-0.15, -0.1) is 0 Å². The second kappa shape index (κ2) is 6.70. The van der Waals surface area contributed by atoms with Gasteiger partial charge in [0.2, 0.25) is 0 Å². The minimum atomic E-state index is -0.303. The van der Waals surface area contributed by atoms with Gasteiger partial charge < -0.3 is 10.2 Å². The molecule has 0 aromatic heterocycles. The third kappa shape index (κ3) is 4.20. The maximum atomic E-state index is 12.8. The Morgan fingerprint density at radius 2 is 1.75 bits per heavy atom. The highest BCUT2D eigenvalue weighted by Crippen LogP contribution is 2.11. The van der Waals surface area contributed by atoms with Crippen LogP contribution in [0.1, 0.15) is 13.8 Å². The predicted molar refractivity (Wildman–Crippen MR) is 78.0 cm³/mol. The molecular formula is C15H21FN3O. The van der Waals surface area contributed by atoms with Gasteiger partial charge in [0.25, 0.3) is 0 Å². The van der Waals surface area contributed by atoms with Crippen LogP contribution in [-0.4, -0.2) is 48.6 Å². The van der Waals surface area contributed by atoms with Crippen LogP contribution in [-0.2, 0) is 0 Å². The SMILES string of the molecule is C[C](C)CN1CCN(C(=O)Nc2ccc(F)cc2)CC1. The minimum absolute atomic E-state index is 0.117. The summed E-state index contributed by atoms with van der Waals surface area (Å²) >= 11 is 0. The standard InChI is InChI=1S/C15H21FN3O/c1-12(2)11-18-7-9-19(10-8-18)15(20)17-14-5-3-13(16)4-6-14/h3-6H,7-11H2,1-2H3,(H,17,20). The second-order valence-electron chi connectivity index (χ2n) is 5.41. The van der Waals surface area contributed by atoms with E-state index in [1.165, 1.54) is 18.1 Å². The number of nitrogens with zero attached hydrogens (tertiary/aromatic N) is 2. The maximum Gasteiger partial charge on any atom is 0.321 e. The fourth-order valence-electron chi connectivity index (χ4n) is 2.29. The van der Waals surface area contributed by atoms with E-state index in [4.69, 9.17) is 0 Å². The summed E-state index contributed by atoms with van der Waals surface area (Å²) in [5.41, 5.74) is 0.622. The lowest BCUT2D eigenvalue weighted by Gasteiger charge is -2.35. The zero-order valence-corrected chi connectivity index (χ0v) is 12.0. The van der Waals surface area contributed by atoms with E-state index in [-0.39, 0.29) is 11.8 Å². The van der Waals surface area contributed by atoms with Crippen molar-refractivity contribution in [3.05, 3.63) is 36.0 Å². The fraction of sp³-hybridized carbons (Fsp3) is 0.467. The molecule has 1 aliphatic heterocycles. The predicted octanol–water partition coefficient (Wildman–Crippen LogP) is 2.59. The molecule has 2 amide bonds. The Morgan fingerprint density at radius 3 is 2.30 bits per heavy atom. The summed E-state index contributed by atoms with van der Waals surface area (Å²) in [4.78, 5) is 16.2. The van der Waals surface area contributed by atoms with Gasteiger partial charge in [-0.1, -0.05) is 13.8 Å². The minimum Gasteiger partial charge on any atom is -0.322 e. The van der Waals surface area contributed by atoms with E-state index >= 15 is 0 Å². The fourth-order valence-corrected chi connectivity index (χ4v) is 2.29. The Labute approximate surface area is 119 Å². The van der Waals surface area contributed by atoms with Crippen LogP contribution in [0.15, 0.2) is 24.3 Å². The van der Waals surface area contributed by atoms with Gasteiger partial charge in [0.15, 0.2) is 0 Å². The van der Waals surface area contributed by atoms with Gasteiger partial charge in [-0.2, -0.15) is 0 Å². The number of carbonyl (C=O) groups is 1. The molecule has 0 unspecified atom stereocenters. The van der Waals surface area contributed by atoms with Crippen LogP contribution in [0.4, 0.5) is 14.9 Å². The molecule has 1 N–H and O–H groups in total. The summed E-state index contributed by atoms with van der Waals surface area (Å²) in [7, 11) is 0. The molecule has 1 radical (unpaired) electrons. The van der Waals surface area contributed by atoms with Crippen molar-refractivity contribution in [2.45, 2.75) is 13.8 Å². The topological polar surface area (TPSA) is 35.6 Å². The van der Waals surface area contributed by atoms with Crippen molar-refractivity contribution in [2.75, 3.05) is 38.0 Å². The van der Waals surface area contributed by atoms with Crippen molar-refractivity contribution in [3.63, 3.8) is 0 Å². The Morgan fingerprint density at radius 1 is 1.15 bits per heavy atom. The molecule has 4 nitrogen and oxygen atoms in total. The number of piperazine rings is 1. The molecule has 20 heavy (non-hydrogen) atoms. The molecule has 1 aromatic rings. The number of halogens is 1. The lowest BCUT2D eigenvalue weighted by molar-refractivity contribution is 0.150. The van der Waals surface area contributed by atoms with E-state index in [1.807, 2.05) is 0 Å². The van der Waals surface area contributed by atoms with Gasteiger partial charge in [-0.25, -0.2) is 9.18 Å². The van der Waals surface area contributed by atoms with Crippen molar-refractivity contribution in [3.8, 4) is 0 Å². The average Bonchev–Trinajstić information content (AvgIpc) is 2.41. The van der Waals surface area contributed by atoms with Crippen LogP contribution < -0.4 is 5.32 Å². The van der Waals surface area contributed by atoms with E-state index < -0.39 is 0 Å². The van der Waals surface area contributed by atoms with E-state index in [9.17, 15) is 9.18 Å². The molecule has 2 rings (SSSR count). The molecule has 1 aliphatic rings. The van der Waals surface area contributed by atoms with Gasteiger partial charge >= 0.3 is 6.03 Å². The van der Waals surface area contributed by atoms with Crippen LogP contribution >= 0.6 is 0 Å². The summed E-state index contributed by atoms with van der Waals surface area (Å²) in [6, 6.07) is 5.70. The summed E-state index contributed by atoms with van der Waals surface area (Å²) in [6.07, 6.45) is 0. The zero-order chi connectivity index (χ0) is 14.5. The number of urea groups is 1. The third-order valence-corrected chi connectivity index (χ3v) is 3.29. The smallest absolute Gasteiger partial charge is 0.321 e. The van der Waals surface area contributed by atoms with Crippen molar-refractivity contribution in [1.29, 1.82) is 0 Å². The zero-order valence-electron chi connectivity index (χ0n) is 12.0. The number of hydrogen-bond acceptors (Lipinski definition) is 2. The molecule has 0 atom stereocenters. The number of carbonyl (C=O) groups excluding carboxylic acids is 1. The molecule has 109 valence electrons. The number of nitrogens with one attached hydrogen (secondary N) is 1. The van der Waals surface area contributed by atoms with E-state index in [0.29, 0.717) is 5.69 Å². The number of rotatable bonds is 3. The van der Waals surface area contributed by atoms with Crippen LogP contribution in [0.2, 0.25) is 0 Å². The Kier molecular flexibility index (Phi) is 4.95. The second-order valence-corrected chi connectivity index (χ2v) is 5.41. The van der Waals surface area contributed by atoms with Crippen LogP contribution in [0.25, 0.3) is 0 Å². The molecule has 1 heterocycles. The van der Waals surface area contributed by atoms with Gasteiger partial charge in [0.05, 0.1) is 0 Å². The largest absolute Gasteiger partial charge is 0.322 e. The van der Waals surface area contributed by atoms with E-state index in [2.05, 4.69) is 24.1 Å². The van der Waals surface area contributed by atoms with E-state index in [0.717, 1.165) is 32.7 Å². The Hall–Kier alpha value is -1.62. The lowest BCUT2D eigenvalue weighted by atomic mass is 10.2. The number of amides is 2. The van der Waals surface area contributed by atoms with Crippen molar-refractivity contribution in [1.82, 2.24) is 9.80 Å². The third-order valence-electron chi connectivity index (χ3n) is 3.29. The van der Waals surface area contributed by atoms with Gasteiger partial charge in [0.1, 0.15) is 5.82 Å². The molecule has 5 heteroatoms. The highest BCUT2D eigenvalue weighted by atomic mass is 19.1. The molecule has 1 saturated heterocycles. The number of hydrogen-bond donors (Lipinski definition) is 1. The highest BCUT2D eigenvalue weighted by Gasteiger charge is 2.21. The summed E-state index contributed by atoms with van der Waals surface area (Å²) in [5, 5.41) is 2.79. The van der Waals surface area contributed by atoms with Crippen molar-refractivity contribution >= 4 is 11.7 Å². The molecule has 0 aliphatic carbocycles. The molecular weight excluding hydrogens is 257 g/mol. The van der Waals surface area contributed by atoms with Crippen LogP contribution in [0.3, 0.4) is 0 Å². The average molecular weight is 278 g/mol. The van der Waals surface area contributed by atoms with Gasteiger partial charge in [-0.05, 0) is 30.2 Å². The molecule has 1 fully saturated rings. The summed E-state index contributed by atoms with van der Waals surface area (Å²) in [5.74, 6) is 1.08. The van der Waals surface area contributed by atoms with Crippen LogP contribution in [0.5, 0.6) is 0 Å². The first-order valence-electron chi connectivity index (χ1n) is 6.87. The molecule has 0 bridgehead atoms. The van der Waals surface area contributed by atoms with Crippen molar-refractivity contribution in [2.24, 2.45) is 0 Å². The first-order chi connectivity index (χ1) is 9.54. The number of benzene rings is 1. The lowest BCUT2D eigenvalue weighted by Crippen LogP contribution is -2.50. The summed E-state index contributed by atoms with van der Waals surface area (Å²) in [6.45, 7) is 8.46. The first kappa shape index (κ1) is 14.8. The number of anilines is 1. The van der Waals surface area contributed by atoms with Crippen LogP contribution in [0, 0.1) is 11.7 Å². The normalized spacial score (nSPS) is 16.5. The molecule has 0 spiro atoms. The van der Waals surface area contributed by atoms with E-state index in [1.54, 1.807) is 17.0 Å². The Balaban J connectivity index is 1.81. The maximum absolute atomic E-state index is 12.8. The molecule has 1 aromatic carbocycles. The monoisotopic (exact) mass is 278 g/mol. The Bertz CT molecular complexity index is 439. The quantitative estimate of drug-likeness (QED) is 0.922. The van der Waals surface area contributed by atoms with Crippen molar-refractivity contribution < 1.29 is 9.18 Å². The summed E-state index contributed by atoms with van der Waals surface area (Å²) < 4.78 is 12.8. The highest BCUT2D eigenvalue weighted by molar-refractivity contribution is 5.89.